The van der Waals surface area contributed by atoms with E-state index in [1.54, 1.807) is 36.4 Å². The van der Waals surface area contributed by atoms with Crippen LogP contribution in [0.2, 0.25) is 5.02 Å². The van der Waals surface area contributed by atoms with E-state index in [1.165, 1.54) is 4.90 Å². The highest BCUT2D eigenvalue weighted by Gasteiger charge is 2.31. The first-order chi connectivity index (χ1) is 16.6. The highest BCUT2D eigenvalue weighted by atomic mass is 35.5. The van der Waals surface area contributed by atoms with Crippen LogP contribution in [0.5, 0.6) is 0 Å². The van der Waals surface area contributed by atoms with Crippen LogP contribution >= 0.6 is 11.6 Å². The Morgan fingerprint density at radius 2 is 1.57 bits per heavy atom. The summed E-state index contributed by atoms with van der Waals surface area (Å²) >= 11 is 6.01. The van der Waals surface area contributed by atoms with E-state index in [-0.39, 0.29) is 12.5 Å². The van der Waals surface area contributed by atoms with Gasteiger partial charge in [-0.1, -0.05) is 63.1 Å². The normalized spacial score (nSPS) is 12.1. The first-order valence-electron chi connectivity index (χ1n) is 12.0. The van der Waals surface area contributed by atoms with Gasteiger partial charge in [-0.3, -0.25) is 13.9 Å². The molecule has 0 spiro atoms. The lowest BCUT2D eigenvalue weighted by molar-refractivity contribution is -0.140. The van der Waals surface area contributed by atoms with Gasteiger partial charge in [0.15, 0.2) is 0 Å². The Labute approximate surface area is 214 Å². The van der Waals surface area contributed by atoms with E-state index < -0.39 is 28.5 Å². The summed E-state index contributed by atoms with van der Waals surface area (Å²) in [5, 5.41) is 3.47. The van der Waals surface area contributed by atoms with Crippen molar-refractivity contribution in [3.63, 3.8) is 0 Å². The van der Waals surface area contributed by atoms with Crippen LogP contribution in [0.4, 0.5) is 5.69 Å². The molecule has 2 rings (SSSR count). The maximum Gasteiger partial charge on any atom is 0.244 e. The SMILES string of the molecule is CCCCNC(=O)[C@@H](CC)N(Cc1ccc(Cl)cc1)C(=O)CN(c1ccc(CC)cc1)S(C)(=O)=O. The quantitative estimate of drug-likeness (QED) is 0.396. The lowest BCUT2D eigenvalue weighted by atomic mass is 10.1. The highest BCUT2D eigenvalue weighted by molar-refractivity contribution is 7.92. The monoisotopic (exact) mass is 521 g/mol. The number of carbonyl (C=O) groups is 2. The smallest absolute Gasteiger partial charge is 0.244 e. The predicted molar refractivity (Wildman–Crippen MR) is 142 cm³/mol. The minimum atomic E-state index is -3.75. The Hall–Kier alpha value is -2.58. The number of sulfonamides is 1. The van der Waals surface area contributed by atoms with E-state index >= 15 is 0 Å². The van der Waals surface area contributed by atoms with E-state index in [0.717, 1.165) is 41.0 Å². The van der Waals surface area contributed by atoms with Crippen LogP contribution in [-0.4, -0.2) is 50.5 Å². The molecule has 0 bridgehead atoms. The van der Waals surface area contributed by atoms with Gasteiger partial charge in [0.25, 0.3) is 0 Å². The summed E-state index contributed by atoms with van der Waals surface area (Å²) in [6.45, 7) is 6.15. The lowest BCUT2D eigenvalue weighted by Crippen LogP contribution is -2.52. The number of amides is 2. The summed E-state index contributed by atoms with van der Waals surface area (Å²) in [5.74, 6) is -0.705. The summed E-state index contributed by atoms with van der Waals surface area (Å²) in [5.41, 5.74) is 2.26. The van der Waals surface area contributed by atoms with Gasteiger partial charge in [0.05, 0.1) is 11.9 Å². The fraction of sp³-hybridized carbons (Fsp3) is 0.462. The molecule has 0 radical (unpaired) electrons. The molecule has 0 heterocycles. The summed E-state index contributed by atoms with van der Waals surface area (Å²) in [6.07, 6.45) is 4.06. The van der Waals surface area contributed by atoms with Crippen molar-refractivity contribution in [1.82, 2.24) is 10.2 Å². The zero-order valence-electron chi connectivity index (χ0n) is 21.0. The molecule has 9 heteroatoms. The molecule has 0 aliphatic heterocycles. The van der Waals surface area contributed by atoms with Gasteiger partial charge >= 0.3 is 0 Å². The summed E-state index contributed by atoms with van der Waals surface area (Å²) in [7, 11) is -3.75. The maximum absolute atomic E-state index is 13.6. The number of anilines is 1. The molecule has 1 atom stereocenters. The molecular formula is C26H36ClN3O4S. The van der Waals surface area contributed by atoms with Crippen LogP contribution < -0.4 is 9.62 Å². The van der Waals surface area contributed by atoms with E-state index in [4.69, 9.17) is 11.6 Å². The predicted octanol–water partition coefficient (Wildman–Crippen LogP) is 4.39. The number of unbranched alkanes of at least 4 members (excludes halogenated alkanes) is 1. The topological polar surface area (TPSA) is 86.8 Å². The number of nitrogens with one attached hydrogen (secondary N) is 1. The fourth-order valence-electron chi connectivity index (χ4n) is 3.72. The van der Waals surface area contributed by atoms with Crippen LogP contribution in [0.15, 0.2) is 48.5 Å². The average Bonchev–Trinajstić information content (AvgIpc) is 2.83. The van der Waals surface area contributed by atoms with Crippen molar-refractivity contribution in [3.05, 3.63) is 64.7 Å². The third-order valence-electron chi connectivity index (χ3n) is 5.79. The van der Waals surface area contributed by atoms with Crippen LogP contribution in [-0.2, 0) is 32.6 Å². The Morgan fingerprint density at radius 1 is 0.971 bits per heavy atom. The third-order valence-corrected chi connectivity index (χ3v) is 7.19. The van der Waals surface area contributed by atoms with Gasteiger partial charge in [0.2, 0.25) is 21.8 Å². The molecule has 0 saturated heterocycles. The maximum atomic E-state index is 13.6. The van der Waals surface area contributed by atoms with E-state index in [1.807, 2.05) is 32.9 Å². The number of hydrogen-bond donors (Lipinski definition) is 1. The second-order valence-corrected chi connectivity index (χ2v) is 10.8. The minimum Gasteiger partial charge on any atom is -0.354 e. The van der Waals surface area contributed by atoms with Crippen LogP contribution in [0.25, 0.3) is 0 Å². The Balaban J connectivity index is 2.38. The molecule has 1 N–H and O–H groups in total. The van der Waals surface area contributed by atoms with Gasteiger partial charge in [-0.2, -0.15) is 0 Å². The average molecular weight is 522 g/mol. The number of nitrogens with zero attached hydrogens (tertiary/aromatic N) is 2. The van der Waals surface area contributed by atoms with Crippen molar-refractivity contribution in [1.29, 1.82) is 0 Å². The molecule has 0 aliphatic carbocycles. The molecule has 2 aromatic carbocycles. The summed E-state index contributed by atoms with van der Waals surface area (Å²) in [6, 6.07) is 13.4. The first kappa shape index (κ1) is 28.7. The molecule has 35 heavy (non-hydrogen) atoms. The zero-order chi connectivity index (χ0) is 26.0. The Kier molecular flexibility index (Phi) is 11.0. The van der Waals surface area contributed by atoms with Crippen LogP contribution in [0.1, 0.15) is 51.2 Å². The van der Waals surface area contributed by atoms with E-state index in [9.17, 15) is 18.0 Å². The van der Waals surface area contributed by atoms with Gasteiger partial charge in [-0.05, 0) is 54.7 Å². The van der Waals surface area contributed by atoms with Crippen molar-refractivity contribution in [2.24, 2.45) is 0 Å². The van der Waals surface area contributed by atoms with Crippen molar-refractivity contribution in [2.45, 2.75) is 59.0 Å². The third kappa shape index (κ3) is 8.54. The van der Waals surface area contributed by atoms with E-state index in [2.05, 4.69) is 5.32 Å². The first-order valence-corrected chi connectivity index (χ1v) is 14.2. The second kappa shape index (κ2) is 13.5. The Morgan fingerprint density at radius 3 is 2.09 bits per heavy atom. The largest absolute Gasteiger partial charge is 0.354 e. The molecule has 2 aromatic rings. The number of carbonyl (C=O) groups excluding carboxylic acids is 2. The highest BCUT2D eigenvalue weighted by Crippen LogP contribution is 2.21. The number of aryl methyl sites for hydroxylation is 1. The zero-order valence-corrected chi connectivity index (χ0v) is 22.5. The minimum absolute atomic E-state index is 0.155. The van der Waals surface area contributed by atoms with E-state index in [0.29, 0.717) is 23.7 Å². The van der Waals surface area contributed by atoms with Crippen LogP contribution in [0, 0.1) is 0 Å². The summed E-state index contributed by atoms with van der Waals surface area (Å²) in [4.78, 5) is 28.1. The van der Waals surface area contributed by atoms with Crippen molar-refractivity contribution < 1.29 is 18.0 Å². The summed E-state index contributed by atoms with van der Waals surface area (Å²) < 4.78 is 26.4. The Bertz CT molecular complexity index is 1070. The van der Waals surface area contributed by atoms with Gasteiger partial charge < -0.3 is 10.2 Å². The number of rotatable bonds is 13. The number of halogens is 1. The molecule has 0 saturated carbocycles. The molecule has 7 nitrogen and oxygen atoms in total. The molecule has 0 aromatic heterocycles. The van der Waals surface area contributed by atoms with Crippen molar-refractivity contribution in [2.75, 3.05) is 23.7 Å². The van der Waals surface area contributed by atoms with Crippen LogP contribution in [0.3, 0.4) is 0 Å². The lowest BCUT2D eigenvalue weighted by Gasteiger charge is -2.33. The number of hydrogen-bond acceptors (Lipinski definition) is 4. The van der Waals surface area contributed by atoms with Crippen molar-refractivity contribution >= 4 is 39.1 Å². The van der Waals surface area contributed by atoms with Gasteiger partial charge in [-0.25, -0.2) is 8.42 Å². The molecule has 0 fully saturated rings. The second-order valence-electron chi connectivity index (χ2n) is 8.51. The standard InChI is InChI=1S/C26H36ClN3O4S/c1-5-8-17-28-26(32)24(7-3)29(18-21-9-13-22(27)14-10-21)25(31)19-30(35(4,33)34)23-15-11-20(6-2)12-16-23/h9-16,24H,5-8,17-19H2,1-4H3,(H,28,32)/t24-/m1/s1. The molecule has 0 aliphatic rings. The molecule has 0 unspecified atom stereocenters. The van der Waals surface area contributed by atoms with Gasteiger partial charge in [0, 0.05) is 18.1 Å². The molecule has 2 amide bonds. The van der Waals surface area contributed by atoms with Gasteiger partial charge in [-0.15, -0.1) is 0 Å². The molecule has 192 valence electrons. The van der Waals surface area contributed by atoms with Gasteiger partial charge in [0.1, 0.15) is 12.6 Å². The fourth-order valence-corrected chi connectivity index (χ4v) is 4.70. The number of benzene rings is 2. The molecular weight excluding hydrogens is 486 g/mol. The van der Waals surface area contributed by atoms with Crippen molar-refractivity contribution in [3.8, 4) is 0 Å².